The predicted octanol–water partition coefficient (Wildman–Crippen LogP) is 2.25. The van der Waals surface area contributed by atoms with Gasteiger partial charge in [0.05, 0.1) is 17.1 Å². The number of halogens is 1. The predicted molar refractivity (Wildman–Crippen MR) is 66.5 cm³/mol. The van der Waals surface area contributed by atoms with Crippen molar-refractivity contribution in [2.24, 2.45) is 0 Å². The van der Waals surface area contributed by atoms with E-state index in [2.05, 4.69) is 0 Å². The molecule has 0 aliphatic heterocycles. The molecular weight excluding hydrogens is 339 g/mol. The lowest BCUT2D eigenvalue weighted by Crippen LogP contribution is -2.10. The van der Waals surface area contributed by atoms with Crippen LogP contribution in [0.3, 0.4) is 0 Å². The number of hydrogen-bond donors (Lipinski definition) is 0. The van der Waals surface area contributed by atoms with Gasteiger partial charge in [-0.25, -0.2) is 4.79 Å². The fourth-order valence-corrected chi connectivity index (χ4v) is 1.90. The Labute approximate surface area is 110 Å². The number of carbonyl (C=O) groups excluding carboxylic acids is 1. The minimum absolute atomic E-state index is 0.0517. The number of benzene rings is 1. The Bertz CT molecular complexity index is 522. The Morgan fingerprint density at radius 3 is 2.76 bits per heavy atom. The summed E-state index contributed by atoms with van der Waals surface area (Å²) in [6.07, 6.45) is 0. The van der Waals surface area contributed by atoms with E-state index in [1.165, 1.54) is 12.1 Å². The van der Waals surface area contributed by atoms with Crippen LogP contribution in [0.5, 0.6) is 0 Å². The highest BCUT2D eigenvalue weighted by Gasteiger charge is 2.25. The molecule has 1 rings (SSSR count). The zero-order valence-electron chi connectivity index (χ0n) is 8.77. The first-order chi connectivity index (χ1) is 8.02. The van der Waals surface area contributed by atoms with Crippen molar-refractivity contribution in [1.29, 1.82) is 5.26 Å². The average Bonchev–Trinajstić information content (AvgIpc) is 2.28. The van der Waals surface area contributed by atoms with Crippen LogP contribution in [-0.2, 0) is 4.74 Å². The molecule has 7 heteroatoms. The highest BCUT2D eigenvalue weighted by atomic mass is 127. The van der Waals surface area contributed by atoms with E-state index < -0.39 is 16.6 Å². The van der Waals surface area contributed by atoms with Gasteiger partial charge < -0.3 is 4.74 Å². The molecule has 0 aromatic heterocycles. The third-order valence-corrected chi connectivity index (χ3v) is 2.82. The summed E-state index contributed by atoms with van der Waals surface area (Å²) >= 11 is 1.83. The van der Waals surface area contributed by atoms with Crippen molar-refractivity contribution in [3.63, 3.8) is 0 Å². The fraction of sp³-hybridized carbons (Fsp3) is 0.200. The number of esters is 1. The molecule has 0 atom stereocenters. The molecule has 17 heavy (non-hydrogen) atoms. The molecule has 0 aliphatic carbocycles. The van der Waals surface area contributed by atoms with Gasteiger partial charge >= 0.3 is 5.97 Å². The van der Waals surface area contributed by atoms with Crippen LogP contribution in [0.25, 0.3) is 0 Å². The standard InChI is InChI=1S/C10H7IN2O4/c1-2-17-10(14)9-6(5-12)8(13(15)16)4-3-7(9)11/h3-4H,2H2,1H3. The first-order valence-electron chi connectivity index (χ1n) is 4.57. The van der Waals surface area contributed by atoms with Gasteiger partial charge in [-0.15, -0.1) is 0 Å². The molecule has 0 spiro atoms. The maximum atomic E-state index is 11.6. The topological polar surface area (TPSA) is 93.2 Å². The minimum Gasteiger partial charge on any atom is -0.462 e. The van der Waals surface area contributed by atoms with Crippen LogP contribution in [0.4, 0.5) is 5.69 Å². The molecular formula is C10H7IN2O4. The normalized spacial score (nSPS) is 9.47. The van der Waals surface area contributed by atoms with E-state index >= 15 is 0 Å². The van der Waals surface area contributed by atoms with Crippen molar-refractivity contribution < 1.29 is 14.5 Å². The van der Waals surface area contributed by atoms with Crippen molar-refractivity contribution in [2.45, 2.75) is 6.92 Å². The zero-order valence-corrected chi connectivity index (χ0v) is 10.9. The molecule has 0 unspecified atom stereocenters. The Morgan fingerprint density at radius 2 is 2.29 bits per heavy atom. The number of nitro benzene ring substituents is 1. The molecule has 0 aliphatic rings. The van der Waals surface area contributed by atoms with Crippen LogP contribution >= 0.6 is 22.6 Å². The molecule has 0 heterocycles. The van der Waals surface area contributed by atoms with Gasteiger partial charge in [0.15, 0.2) is 0 Å². The number of rotatable bonds is 3. The van der Waals surface area contributed by atoms with Crippen LogP contribution < -0.4 is 0 Å². The number of nitro groups is 1. The maximum Gasteiger partial charge on any atom is 0.340 e. The first kappa shape index (κ1) is 13.4. The number of carbonyl (C=O) groups is 1. The summed E-state index contributed by atoms with van der Waals surface area (Å²) in [5.74, 6) is -0.725. The lowest BCUT2D eigenvalue weighted by atomic mass is 10.1. The van der Waals surface area contributed by atoms with E-state index in [-0.39, 0.29) is 17.7 Å². The quantitative estimate of drug-likeness (QED) is 0.362. The molecule has 1 aromatic carbocycles. The van der Waals surface area contributed by atoms with E-state index in [9.17, 15) is 14.9 Å². The number of hydrogen-bond acceptors (Lipinski definition) is 5. The van der Waals surface area contributed by atoms with Crippen LogP contribution in [-0.4, -0.2) is 17.5 Å². The third kappa shape index (κ3) is 2.71. The van der Waals surface area contributed by atoms with Gasteiger partial charge in [0.1, 0.15) is 11.6 Å². The van der Waals surface area contributed by atoms with E-state index in [0.717, 1.165) is 0 Å². The monoisotopic (exact) mass is 346 g/mol. The number of nitriles is 1. The Kier molecular flexibility index (Phi) is 4.39. The number of nitrogens with zero attached hydrogens (tertiary/aromatic N) is 2. The first-order valence-corrected chi connectivity index (χ1v) is 5.64. The van der Waals surface area contributed by atoms with E-state index in [4.69, 9.17) is 10.00 Å². The summed E-state index contributed by atoms with van der Waals surface area (Å²) in [7, 11) is 0. The maximum absolute atomic E-state index is 11.6. The second kappa shape index (κ2) is 5.58. The fourth-order valence-electron chi connectivity index (χ4n) is 1.23. The SMILES string of the molecule is CCOC(=O)c1c(I)ccc([N+](=O)[O-])c1C#N. The summed E-state index contributed by atoms with van der Waals surface area (Å²) in [5.41, 5.74) is -0.708. The summed E-state index contributed by atoms with van der Waals surface area (Å²) < 4.78 is 5.22. The van der Waals surface area contributed by atoms with Gasteiger partial charge in [-0.1, -0.05) is 0 Å². The highest BCUT2D eigenvalue weighted by molar-refractivity contribution is 14.1. The van der Waals surface area contributed by atoms with E-state index in [0.29, 0.717) is 3.57 Å². The average molecular weight is 346 g/mol. The molecule has 6 nitrogen and oxygen atoms in total. The van der Waals surface area contributed by atoms with Crippen molar-refractivity contribution in [3.05, 3.63) is 36.9 Å². The van der Waals surface area contributed by atoms with Crippen LogP contribution in [0.2, 0.25) is 0 Å². The second-order valence-electron chi connectivity index (χ2n) is 2.91. The van der Waals surface area contributed by atoms with Gasteiger partial charge in [0, 0.05) is 9.64 Å². The molecule has 0 N–H and O–H groups in total. The largest absolute Gasteiger partial charge is 0.462 e. The zero-order chi connectivity index (χ0) is 13.0. The minimum atomic E-state index is -0.725. The molecule has 88 valence electrons. The molecule has 0 saturated heterocycles. The van der Waals surface area contributed by atoms with Gasteiger partial charge in [-0.2, -0.15) is 5.26 Å². The Balaban J connectivity index is 3.47. The van der Waals surface area contributed by atoms with Crippen molar-refractivity contribution in [2.75, 3.05) is 6.61 Å². The van der Waals surface area contributed by atoms with Crippen molar-refractivity contribution in [1.82, 2.24) is 0 Å². The molecule has 0 radical (unpaired) electrons. The highest BCUT2D eigenvalue weighted by Crippen LogP contribution is 2.26. The number of ether oxygens (including phenoxy) is 1. The summed E-state index contributed by atoms with van der Waals surface area (Å²) in [5, 5.41) is 19.6. The van der Waals surface area contributed by atoms with E-state index in [1.807, 2.05) is 22.6 Å². The molecule has 0 amide bonds. The third-order valence-electron chi connectivity index (χ3n) is 1.92. The van der Waals surface area contributed by atoms with Gasteiger partial charge in [0.2, 0.25) is 0 Å². The van der Waals surface area contributed by atoms with Crippen LogP contribution in [0.1, 0.15) is 22.8 Å². The molecule has 0 saturated carbocycles. The van der Waals surface area contributed by atoms with Gasteiger partial charge in [-0.3, -0.25) is 10.1 Å². The Morgan fingerprint density at radius 1 is 1.65 bits per heavy atom. The summed E-state index contributed by atoms with van der Waals surface area (Å²) in [6.45, 7) is 1.76. The molecule has 0 bridgehead atoms. The summed E-state index contributed by atoms with van der Waals surface area (Å²) in [4.78, 5) is 21.6. The lowest BCUT2D eigenvalue weighted by Gasteiger charge is -2.06. The second-order valence-corrected chi connectivity index (χ2v) is 4.07. The van der Waals surface area contributed by atoms with Crippen molar-refractivity contribution in [3.8, 4) is 6.07 Å². The molecule has 0 fully saturated rings. The summed E-state index contributed by atoms with van der Waals surface area (Å²) in [6, 6.07) is 4.28. The van der Waals surface area contributed by atoms with Crippen LogP contribution in [0, 0.1) is 25.0 Å². The van der Waals surface area contributed by atoms with Gasteiger partial charge in [-0.05, 0) is 35.6 Å². The molecule has 1 aromatic rings. The van der Waals surface area contributed by atoms with Gasteiger partial charge in [0.25, 0.3) is 5.69 Å². The van der Waals surface area contributed by atoms with E-state index in [1.54, 1.807) is 13.0 Å². The van der Waals surface area contributed by atoms with Crippen LogP contribution in [0.15, 0.2) is 12.1 Å². The lowest BCUT2D eigenvalue weighted by molar-refractivity contribution is -0.385. The smallest absolute Gasteiger partial charge is 0.340 e. The van der Waals surface area contributed by atoms with Crippen molar-refractivity contribution >= 4 is 34.2 Å². The Hall–Kier alpha value is -1.69.